The van der Waals surface area contributed by atoms with Crippen molar-refractivity contribution in [2.45, 2.75) is 12.3 Å². The lowest BCUT2D eigenvalue weighted by molar-refractivity contribution is -0.118. The number of carbonyl (C=O) groups is 1. The highest BCUT2D eigenvalue weighted by molar-refractivity contribution is 5.87. The second-order valence-electron chi connectivity index (χ2n) is 9.62. The highest BCUT2D eigenvalue weighted by atomic mass is 19.1. The number of amides is 1. The number of halogens is 1. The van der Waals surface area contributed by atoms with Gasteiger partial charge < -0.3 is 21.3 Å². The Kier molecular flexibility index (Phi) is 8.28. The van der Waals surface area contributed by atoms with Crippen molar-refractivity contribution in [3.63, 3.8) is 0 Å². The Morgan fingerprint density at radius 2 is 1.93 bits per heavy atom. The number of nitrogens with two attached hydrogens (primary N) is 1. The number of anilines is 2. The summed E-state index contributed by atoms with van der Waals surface area (Å²) in [7, 11) is 0. The number of primary amides is 1. The molecule has 1 unspecified atom stereocenters. The van der Waals surface area contributed by atoms with Gasteiger partial charge in [-0.25, -0.2) is 14.4 Å². The van der Waals surface area contributed by atoms with E-state index in [1.807, 2.05) is 36.4 Å². The Bertz CT molecular complexity index is 1530. The van der Waals surface area contributed by atoms with Crippen molar-refractivity contribution in [2.75, 3.05) is 42.9 Å². The maximum Gasteiger partial charge on any atom is 0.229 e. The lowest BCUT2D eigenvalue weighted by atomic mass is 9.91. The topological polar surface area (TPSA) is 120 Å². The third-order valence-corrected chi connectivity index (χ3v) is 6.99. The molecule has 0 aliphatic carbocycles. The first-order valence-corrected chi connectivity index (χ1v) is 13.2. The Morgan fingerprint density at radius 3 is 2.65 bits per heavy atom. The van der Waals surface area contributed by atoms with Crippen LogP contribution in [0.3, 0.4) is 0 Å². The van der Waals surface area contributed by atoms with E-state index >= 15 is 0 Å². The van der Waals surface area contributed by atoms with Crippen molar-refractivity contribution < 1.29 is 9.18 Å². The van der Waals surface area contributed by atoms with Gasteiger partial charge in [-0.1, -0.05) is 42.5 Å². The number of nitriles is 1. The number of piperazine rings is 1. The summed E-state index contributed by atoms with van der Waals surface area (Å²) in [6.07, 6.45) is 2.24. The number of pyridine rings is 2. The van der Waals surface area contributed by atoms with Gasteiger partial charge in [-0.05, 0) is 47.9 Å². The minimum absolute atomic E-state index is 0.294. The molecule has 3 heterocycles. The Morgan fingerprint density at radius 1 is 1.10 bits per heavy atom. The zero-order chi connectivity index (χ0) is 27.9. The first-order valence-electron chi connectivity index (χ1n) is 13.2. The summed E-state index contributed by atoms with van der Waals surface area (Å²) in [5, 5.41) is 16.3. The number of benzene rings is 2. The largest absolute Gasteiger partial charge is 0.369 e. The van der Waals surface area contributed by atoms with Gasteiger partial charge in [-0.3, -0.25) is 4.79 Å². The van der Waals surface area contributed by atoms with Gasteiger partial charge in [0.2, 0.25) is 5.91 Å². The number of hydrogen-bond acceptors (Lipinski definition) is 7. The van der Waals surface area contributed by atoms with Crippen LogP contribution in [0.25, 0.3) is 11.3 Å². The fourth-order valence-corrected chi connectivity index (χ4v) is 4.96. The summed E-state index contributed by atoms with van der Waals surface area (Å²) >= 11 is 0. The smallest absolute Gasteiger partial charge is 0.229 e. The van der Waals surface area contributed by atoms with Crippen LogP contribution < -0.4 is 21.3 Å². The van der Waals surface area contributed by atoms with Crippen molar-refractivity contribution in [1.82, 2.24) is 15.3 Å². The first-order chi connectivity index (χ1) is 19.5. The second-order valence-corrected chi connectivity index (χ2v) is 9.62. The molecule has 9 heteroatoms. The molecule has 8 nitrogen and oxygen atoms in total. The molecule has 2 aromatic heterocycles. The molecule has 4 N–H and O–H groups in total. The van der Waals surface area contributed by atoms with E-state index in [9.17, 15) is 14.4 Å². The van der Waals surface area contributed by atoms with E-state index < -0.39 is 11.8 Å². The van der Waals surface area contributed by atoms with E-state index in [4.69, 9.17) is 10.7 Å². The fourth-order valence-electron chi connectivity index (χ4n) is 4.96. The van der Waals surface area contributed by atoms with Crippen LogP contribution in [0.5, 0.6) is 0 Å². The summed E-state index contributed by atoms with van der Waals surface area (Å²) in [6.45, 7) is 3.95. The molecular formula is C31H30FN7O. The van der Waals surface area contributed by atoms with Crippen molar-refractivity contribution >= 4 is 17.5 Å². The van der Waals surface area contributed by atoms with Crippen LogP contribution in [0.2, 0.25) is 0 Å². The highest BCUT2D eigenvalue weighted by Crippen LogP contribution is 2.33. The number of aromatic nitrogens is 2. The lowest BCUT2D eigenvalue weighted by Gasteiger charge is -2.28. The molecule has 4 aromatic rings. The average Bonchev–Trinajstić information content (AvgIpc) is 2.98. The van der Waals surface area contributed by atoms with Crippen LogP contribution in [-0.2, 0) is 11.2 Å². The number of nitrogens with one attached hydrogen (secondary N) is 2. The molecular weight excluding hydrogens is 505 g/mol. The van der Waals surface area contributed by atoms with Crippen LogP contribution >= 0.6 is 0 Å². The molecule has 1 saturated heterocycles. The predicted octanol–water partition coefficient (Wildman–Crippen LogP) is 3.84. The lowest BCUT2D eigenvalue weighted by Crippen LogP contribution is -2.43. The minimum atomic E-state index is -0.797. The Labute approximate surface area is 232 Å². The monoisotopic (exact) mass is 535 g/mol. The molecule has 0 spiro atoms. The Hall–Kier alpha value is -4.81. The van der Waals surface area contributed by atoms with E-state index in [2.05, 4.69) is 26.6 Å². The molecule has 1 aliphatic rings. The molecule has 0 radical (unpaired) electrons. The van der Waals surface area contributed by atoms with E-state index in [0.717, 1.165) is 37.6 Å². The summed E-state index contributed by atoms with van der Waals surface area (Å²) in [6, 6.07) is 23.3. The maximum absolute atomic E-state index is 13.7. The van der Waals surface area contributed by atoms with Gasteiger partial charge >= 0.3 is 0 Å². The van der Waals surface area contributed by atoms with Crippen LogP contribution in [0.4, 0.5) is 16.0 Å². The molecule has 0 bridgehead atoms. The molecule has 40 heavy (non-hydrogen) atoms. The highest BCUT2D eigenvalue weighted by Gasteiger charge is 2.26. The van der Waals surface area contributed by atoms with E-state index in [-0.39, 0.29) is 5.82 Å². The number of nitrogens with zero attached hydrogens (tertiary/aromatic N) is 4. The summed E-state index contributed by atoms with van der Waals surface area (Å²) < 4.78 is 13.7. The minimum Gasteiger partial charge on any atom is -0.369 e. The quantitative estimate of drug-likeness (QED) is 0.298. The van der Waals surface area contributed by atoms with Gasteiger partial charge in [0.15, 0.2) is 0 Å². The number of rotatable bonds is 9. The summed E-state index contributed by atoms with van der Waals surface area (Å²) in [4.78, 5) is 24.5. The second kappa shape index (κ2) is 12.4. The van der Waals surface area contributed by atoms with Gasteiger partial charge in [0.25, 0.3) is 0 Å². The van der Waals surface area contributed by atoms with Gasteiger partial charge in [0.1, 0.15) is 17.5 Å². The molecule has 0 saturated carbocycles. The molecule has 1 fully saturated rings. The number of hydrogen-bond donors (Lipinski definition) is 3. The molecule has 1 amide bonds. The van der Waals surface area contributed by atoms with Gasteiger partial charge in [-0.15, -0.1) is 0 Å². The zero-order valence-electron chi connectivity index (χ0n) is 22.0. The van der Waals surface area contributed by atoms with Crippen molar-refractivity contribution in [2.24, 2.45) is 5.73 Å². The third-order valence-electron chi connectivity index (χ3n) is 6.99. The fraction of sp³-hybridized carbons (Fsp3) is 0.226. The maximum atomic E-state index is 13.7. The first kappa shape index (κ1) is 26.8. The van der Waals surface area contributed by atoms with Crippen LogP contribution in [0.1, 0.15) is 28.2 Å². The van der Waals surface area contributed by atoms with Crippen LogP contribution in [-0.4, -0.2) is 48.6 Å². The molecule has 202 valence electrons. The average molecular weight is 536 g/mol. The van der Waals surface area contributed by atoms with E-state index in [1.54, 1.807) is 30.5 Å². The van der Waals surface area contributed by atoms with E-state index in [0.29, 0.717) is 46.7 Å². The summed E-state index contributed by atoms with van der Waals surface area (Å²) in [5.74, 6) is -0.303. The van der Waals surface area contributed by atoms with E-state index in [1.165, 1.54) is 12.1 Å². The molecule has 1 aliphatic heterocycles. The summed E-state index contributed by atoms with van der Waals surface area (Å²) in [5.41, 5.74) is 9.81. The third kappa shape index (κ3) is 6.08. The number of carbonyl (C=O) groups excluding carboxylic acids is 1. The standard InChI is InChI=1S/C31H30FN7O/c32-24-6-3-4-21(18-24)12-13-36-31-26(9-10-27(38-31)25-7-2-1-5-22(25)19-33)29(30(34)40)23-8-11-28(37-20-23)39-16-14-35-15-17-39/h1-11,18,20,29,35H,12-17H2,(H2,34,40)(H,36,38). The normalized spacial score (nSPS) is 13.8. The van der Waals surface area contributed by atoms with Gasteiger partial charge in [0, 0.05) is 50.0 Å². The zero-order valence-corrected chi connectivity index (χ0v) is 22.0. The van der Waals surface area contributed by atoms with Crippen molar-refractivity contribution in [1.29, 1.82) is 5.26 Å². The molecule has 5 rings (SSSR count). The molecule has 1 atom stereocenters. The van der Waals surface area contributed by atoms with Crippen molar-refractivity contribution in [3.05, 3.63) is 107 Å². The SMILES string of the molecule is N#Cc1ccccc1-c1ccc(C(C(N)=O)c2ccc(N3CCNCC3)nc2)c(NCCc2cccc(F)c2)n1. The van der Waals surface area contributed by atoms with Crippen molar-refractivity contribution in [3.8, 4) is 17.3 Å². The molecule has 2 aromatic carbocycles. The van der Waals surface area contributed by atoms with Gasteiger partial charge in [-0.2, -0.15) is 5.26 Å². The van der Waals surface area contributed by atoms with Crippen LogP contribution in [0.15, 0.2) is 79.0 Å². The Balaban J connectivity index is 1.49. The van der Waals surface area contributed by atoms with Gasteiger partial charge in [0.05, 0.1) is 23.2 Å². The predicted molar refractivity (Wildman–Crippen MR) is 153 cm³/mol. The van der Waals surface area contributed by atoms with Crippen LogP contribution in [0, 0.1) is 17.1 Å².